The number of amides is 1. The molecule has 4 nitrogen and oxygen atoms in total. The van der Waals surface area contributed by atoms with Crippen molar-refractivity contribution in [3.8, 4) is 0 Å². The van der Waals surface area contributed by atoms with Crippen LogP contribution >= 0.6 is 0 Å². The van der Waals surface area contributed by atoms with Crippen LogP contribution in [-0.2, 0) is 9.53 Å². The summed E-state index contributed by atoms with van der Waals surface area (Å²) in [6, 6.07) is 0. The predicted molar refractivity (Wildman–Crippen MR) is 73.7 cm³/mol. The highest BCUT2D eigenvalue weighted by molar-refractivity contribution is 5.77. The van der Waals surface area contributed by atoms with E-state index in [9.17, 15) is 4.79 Å². The van der Waals surface area contributed by atoms with Crippen LogP contribution in [0.3, 0.4) is 0 Å². The number of nitrogens with two attached hydrogens (primary N) is 1. The van der Waals surface area contributed by atoms with Gasteiger partial charge in [-0.25, -0.2) is 0 Å². The van der Waals surface area contributed by atoms with E-state index in [1.165, 1.54) is 19.3 Å². The molecule has 2 unspecified atom stereocenters. The van der Waals surface area contributed by atoms with Gasteiger partial charge < -0.3 is 15.4 Å². The summed E-state index contributed by atoms with van der Waals surface area (Å²) in [5.41, 5.74) is 6.08. The normalized spacial score (nSPS) is 33.4. The lowest BCUT2D eigenvalue weighted by Gasteiger charge is -2.39. The Bertz CT molecular complexity index is 327. The molecule has 2 bridgehead atoms. The Labute approximate surface area is 115 Å². The first-order valence-electron chi connectivity index (χ1n) is 7.84. The Morgan fingerprint density at radius 3 is 2.37 bits per heavy atom. The lowest BCUT2D eigenvalue weighted by molar-refractivity contribution is -0.142. The van der Waals surface area contributed by atoms with Crippen LogP contribution in [0.2, 0.25) is 0 Å². The largest absolute Gasteiger partial charge is 0.371 e. The summed E-state index contributed by atoms with van der Waals surface area (Å²) in [4.78, 5) is 14.6. The first-order chi connectivity index (χ1) is 9.21. The van der Waals surface area contributed by atoms with Gasteiger partial charge in [0.05, 0.1) is 12.2 Å². The average molecular weight is 266 g/mol. The second-order valence-electron chi connectivity index (χ2n) is 6.70. The summed E-state index contributed by atoms with van der Waals surface area (Å²) in [6.07, 6.45) is 9.52. The second-order valence-corrected chi connectivity index (χ2v) is 6.70. The number of morpholine rings is 1. The van der Waals surface area contributed by atoms with Crippen LogP contribution in [0.15, 0.2) is 0 Å². The molecule has 0 aromatic rings. The molecule has 3 rings (SSSR count). The molecule has 0 aromatic carbocycles. The third-order valence-corrected chi connectivity index (χ3v) is 5.27. The van der Waals surface area contributed by atoms with Crippen LogP contribution in [0.1, 0.15) is 51.4 Å². The van der Waals surface area contributed by atoms with Crippen LogP contribution in [0.5, 0.6) is 0 Å². The SMILES string of the molecule is NCC1(CC(=O)N2CC3CCC(C2)O3)CCCCC1. The van der Waals surface area contributed by atoms with Crippen molar-refractivity contribution in [1.82, 2.24) is 4.90 Å². The zero-order chi connectivity index (χ0) is 13.3. The number of ether oxygens (including phenoxy) is 1. The minimum absolute atomic E-state index is 0.0900. The number of likely N-dealkylation sites (tertiary alicyclic amines) is 1. The first kappa shape index (κ1) is 13.4. The van der Waals surface area contributed by atoms with Crippen molar-refractivity contribution >= 4 is 5.91 Å². The molecule has 2 heterocycles. The molecule has 1 aliphatic carbocycles. The standard InChI is InChI=1S/C15H26N2O2/c16-11-15(6-2-1-3-7-15)8-14(18)17-9-12-4-5-13(10-17)19-12/h12-13H,1-11,16H2. The van der Waals surface area contributed by atoms with E-state index in [1.807, 2.05) is 4.90 Å². The molecule has 1 saturated carbocycles. The average Bonchev–Trinajstić information content (AvgIpc) is 2.78. The zero-order valence-electron chi connectivity index (χ0n) is 11.8. The Hall–Kier alpha value is -0.610. The summed E-state index contributed by atoms with van der Waals surface area (Å²) in [6.45, 7) is 2.27. The Morgan fingerprint density at radius 1 is 1.16 bits per heavy atom. The summed E-state index contributed by atoms with van der Waals surface area (Å²) in [7, 11) is 0. The molecule has 3 fully saturated rings. The van der Waals surface area contributed by atoms with Gasteiger partial charge in [-0.1, -0.05) is 19.3 Å². The van der Waals surface area contributed by atoms with E-state index in [0.29, 0.717) is 31.1 Å². The molecule has 2 atom stereocenters. The van der Waals surface area contributed by atoms with Crippen molar-refractivity contribution in [2.75, 3.05) is 19.6 Å². The summed E-state index contributed by atoms with van der Waals surface area (Å²) >= 11 is 0. The Kier molecular flexibility index (Phi) is 3.81. The van der Waals surface area contributed by atoms with Crippen LogP contribution in [0.4, 0.5) is 0 Å². The van der Waals surface area contributed by atoms with E-state index >= 15 is 0 Å². The van der Waals surface area contributed by atoms with E-state index < -0.39 is 0 Å². The fourth-order valence-electron chi connectivity index (χ4n) is 4.01. The van der Waals surface area contributed by atoms with E-state index in [0.717, 1.165) is 38.8 Å². The molecular formula is C15H26N2O2. The quantitative estimate of drug-likeness (QED) is 0.845. The number of rotatable bonds is 3. The van der Waals surface area contributed by atoms with Gasteiger partial charge >= 0.3 is 0 Å². The highest BCUT2D eigenvalue weighted by Crippen LogP contribution is 2.39. The molecule has 1 amide bonds. The number of hydrogen-bond acceptors (Lipinski definition) is 3. The van der Waals surface area contributed by atoms with Gasteiger partial charge in [0.15, 0.2) is 0 Å². The lowest BCUT2D eigenvalue weighted by Crippen LogP contribution is -2.48. The number of carbonyl (C=O) groups excluding carboxylic acids is 1. The number of fused-ring (bicyclic) bond motifs is 2. The van der Waals surface area contributed by atoms with Gasteiger partial charge in [-0.15, -0.1) is 0 Å². The van der Waals surface area contributed by atoms with Crippen LogP contribution in [0.25, 0.3) is 0 Å². The van der Waals surface area contributed by atoms with Crippen molar-refractivity contribution in [3.63, 3.8) is 0 Å². The van der Waals surface area contributed by atoms with Crippen molar-refractivity contribution in [3.05, 3.63) is 0 Å². The zero-order valence-corrected chi connectivity index (χ0v) is 11.8. The smallest absolute Gasteiger partial charge is 0.223 e. The van der Waals surface area contributed by atoms with Gasteiger partial charge in [0, 0.05) is 19.5 Å². The van der Waals surface area contributed by atoms with Gasteiger partial charge in [0.2, 0.25) is 5.91 Å². The summed E-state index contributed by atoms with van der Waals surface area (Å²) < 4.78 is 5.80. The lowest BCUT2D eigenvalue weighted by atomic mass is 9.71. The maximum atomic E-state index is 12.6. The molecule has 3 aliphatic rings. The molecular weight excluding hydrogens is 240 g/mol. The van der Waals surface area contributed by atoms with Gasteiger partial charge in [0.1, 0.15) is 0 Å². The molecule has 0 spiro atoms. The maximum Gasteiger partial charge on any atom is 0.223 e. The van der Waals surface area contributed by atoms with Crippen molar-refractivity contribution in [2.45, 2.75) is 63.6 Å². The molecule has 0 aromatic heterocycles. The molecule has 2 N–H and O–H groups in total. The fourth-order valence-corrected chi connectivity index (χ4v) is 4.01. The minimum Gasteiger partial charge on any atom is -0.371 e. The monoisotopic (exact) mass is 266 g/mol. The maximum absolute atomic E-state index is 12.6. The fraction of sp³-hybridized carbons (Fsp3) is 0.933. The topological polar surface area (TPSA) is 55.6 Å². The number of hydrogen-bond donors (Lipinski definition) is 1. The highest BCUT2D eigenvalue weighted by atomic mass is 16.5. The minimum atomic E-state index is 0.0900. The van der Waals surface area contributed by atoms with Crippen LogP contribution in [0, 0.1) is 5.41 Å². The van der Waals surface area contributed by atoms with Gasteiger partial charge in [-0.3, -0.25) is 4.79 Å². The Morgan fingerprint density at radius 2 is 1.79 bits per heavy atom. The second kappa shape index (κ2) is 5.41. The highest BCUT2D eigenvalue weighted by Gasteiger charge is 2.39. The van der Waals surface area contributed by atoms with E-state index in [2.05, 4.69) is 0 Å². The van der Waals surface area contributed by atoms with Crippen molar-refractivity contribution in [2.24, 2.45) is 11.1 Å². The molecule has 2 saturated heterocycles. The van der Waals surface area contributed by atoms with E-state index in [4.69, 9.17) is 10.5 Å². The van der Waals surface area contributed by atoms with E-state index in [1.54, 1.807) is 0 Å². The molecule has 2 aliphatic heterocycles. The molecule has 0 radical (unpaired) electrons. The summed E-state index contributed by atoms with van der Waals surface area (Å²) in [5, 5.41) is 0. The molecule has 108 valence electrons. The van der Waals surface area contributed by atoms with Crippen LogP contribution in [-0.4, -0.2) is 42.6 Å². The first-order valence-corrected chi connectivity index (χ1v) is 7.84. The van der Waals surface area contributed by atoms with Crippen molar-refractivity contribution < 1.29 is 9.53 Å². The third kappa shape index (κ3) is 2.79. The van der Waals surface area contributed by atoms with E-state index in [-0.39, 0.29) is 5.41 Å². The van der Waals surface area contributed by atoms with Crippen LogP contribution < -0.4 is 5.73 Å². The van der Waals surface area contributed by atoms with Gasteiger partial charge in [0.25, 0.3) is 0 Å². The summed E-state index contributed by atoms with van der Waals surface area (Å²) in [5.74, 6) is 0.313. The van der Waals surface area contributed by atoms with Crippen molar-refractivity contribution in [1.29, 1.82) is 0 Å². The Balaban J connectivity index is 1.60. The third-order valence-electron chi connectivity index (χ3n) is 5.27. The number of nitrogens with zero attached hydrogens (tertiary/aromatic N) is 1. The molecule has 19 heavy (non-hydrogen) atoms. The molecule has 4 heteroatoms. The van der Waals surface area contributed by atoms with Gasteiger partial charge in [-0.05, 0) is 37.6 Å². The number of carbonyl (C=O) groups is 1. The predicted octanol–water partition coefficient (Wildman–Crippen LogP) is 1.68. The van der Waals surface area contributed by atoms with Gasteiger partial charge in [-0.2, -0.15) is 0 Å².